The molecule has 2 aromatic heterocycles. The van der Waals surface area contributed by atoms with Gasteiger partial charge < -0.3 is 10.1 Å². The van der Waals surface area contributed by atoms with Gasteiger partial charge in [0.05, 0.1) is 18.4 Å². The van der Waals surface area contributed by atoms with E-state index in [1.807, 2.05) is 0 Å². The molecule has 0 spiro atoms. The molecule has 22 heavy (non-hydrogen) atoms. The lowest BCUT2D eigenvalue weighted by molar-refractivity contribution is -0.0500. The van der Waals surface area contributed by atoms with Crippen LogP contribution in [-0.2, 0) is 16.4 Å². The molecule has 6 nitrogen and oxygen atoms in total. The third kappa shape index (κ3) is 4.35. The zero-order valence-corrected chi connectivity index (χ0v) is 12.3. The molecule has 0 aliphatic carbocycles. The number of halogens is 2. The quantitative estimate of drug-likeness (QED) is 0.874. The van der Waals surface area contributed by atoms with Crippen molar-refractivity contribution in [3.8, 4) is 5.75 Å². The molecule has 2 aromatic rings. The lowest BCUT2D eigenvalue weighted by Crippen LogP contribution is -2.09. The zero-order chi connectivity index (χ0) is 16.2. The van der Waals surface area contributed by atoms with Crippen molar-refractivity contribution in [3.63, 3.8) is 0 Å². The summed E-state index contributed by atoms with van der Waals surface area (Å²) in [7, 11) is -3.41. The first-order valence-corrected chi connectivity index (χ1v) is 8.04. The first-order valence-electron chi connectivity index (χ1n) is 6.15. The topological polar surface area (TPSA) is 81.2 Å². The summed E-state index contributed by atoms with van der Waals surface area (Å²) in [5, 5.41) is 2.85. The second-order valence-corrected chi connectivity index (χ2v) is 6.32. The number of sulfone groups is 1. The number of hydrogen-bond acceptors (Lipinski definition) is 6. The first kappa shape index (κ1) is 16.1. The number of alkyl halides is 2. The Morgan fingerprint density at radius 3 is 2.64 bits per heavy atom. The van der Waals surface area contributed by atoms with E-state index in [1.54, 1.807) is 0 Å². The van der Waals surface area contributed by atoms with Gasteiger partial charge in [0, 0.05) is 12.5 Å². The summed E-state index contributed by atoms with van der Waals surface area (Å²) in [6.07, 6.45) is 3.72. The van der Waals surface area contributed by atoms with E-state index in [2.05, 4.69) is 20.0 Å². The lowest BCUT2D eigenvalue weighted by Gasteiger charge is -2.09. The SMILES string of the molecule is CS(=O)(=O)c1cccnc1NCc1ccc(OC(F)F)cn1. The van der Waals surface area contributed by atoms with Gasteiger partial charge in [0.2, 0.25) is 0 Å². The molecule has 0 unspecified atom stereocenters. The van der Waals surface area contributed by atoms with Crippen LogP contribution in [0, 0.1) is 0 Å². The highest BCUT2D eigenvalue weighted by Gasteiger charge is 2.13. The second kappa shape index (κ2) is 6.65. The Morgan fingerprint density at radius 1 is 1.27 bits per heavy atom. The molecule has 2 heterocycles. The van der Waals surface area contributed by atoms with Crippen molar-refractivity contribution in [1.82, 2.24) is 9.97 Å². The van der Waals surface area contributed by atoms with Gasteiger partial charge in [0.15, 0.2) is 9.84 Å². The van der Waals surface area contributed by atoms with Gasteiger partial charge in [-0.05, 0) is 24.3 Å². The maximum absolute atomic E-state index is 12.0. The van der Waals surface area contributed by atoms with Crippen LogP contribution in [0.5, 0.6) is 5.75 Å². The summed E-state index contributed by atoms with van der Waals surface area (Å²) in [6.45, 7) is -2.72. The van der Waals surface area contributed by atoms with Crippen LogP contribution in [0.4, 0.5) is 14.6 Å². The average Bonchev–Trinajstić information content (AvgIpc) is 2.45. The van der Waals surface area contributed by atoms with Crippen LogP contribution in [0.1, 0.15) is 5.69 Å². The maximum atomic E-state index is 12.0. The summed E-state index contributed by atoms with van der Waals surface area (Å²) in [6, 6.07) is 5.81. The number of ether oxygens (including phenoxy) is 1. The predicted molar refractivity (Wildman–Crippen MR) is 75.5 cm³/mol. The average molecular weight is 329 g/mol. The number of pyridine rings is 2. The standard InChI is InChI=1S/C13H13F2N3O3S/c1-22(19,20)11-3-2-6-16-12(11)18-7-9-4-5-10(8-17-9)21-13(14)15/h2-6,8,13H,7H2,1H3,(H,16,18). The molecule has 0 saturated carbocycles. The molecular weight excluding hydrogens is 316 g/mol. The van der Waals surface area contributed by atoms with Crippen LogP contribution in [0.3, 0.4) is 0 Å². The maximum Gasteiger partial charge on any atom is 0.387 e. The number of hydrogen-bond donors (Lipinski definition) is 1. The Labute approximate surface area is 126 Å². The third-order valence-corrected chi connectivity index (χ3v) is 3.76. The van der Waals surface area contributed by atoms with Gasteiger partial charge in [-0.3, -0.25) is 4.98 Å². The molecule has 0 saturated heterocycles. The molecular formula is C13H13F2N3O3S. The highest BCUT2D eigenvalue weighted by Crippen LogP contribution is 2.19. The van der Waals surface area contributed by atoms with Crippen molar-refractivity contribution < 1.29 is 21.9 Å². The molecule has 0 aromatic carbocycles. The second-order valence-electron chi connectivity index (χ2n) is 4.34. The van der Waals surface area contributed by atoms with E-state index in [0.717, 1.165) is 6.26 Å². The normalized spacial score (nSPS) is 11.5. The molecule has 0 aliphatic heterocycles. The van der Waals surface area contributed by atoms with Crippen molar-refractivity contribution in [3.05, 3.63) is 42.4 Å². The minimum absolute atomic E-state index is 0.0478. The molecule has 0 fully saturated rings. The van der Waals surface area contributed by atoms with E-state index in [0.29, 0.717) is 5.69 Å². The van der Waals surface area contributed by atoms with Crippen molar-refractivity contribution in [2.24, 2.45) is 0 Å². The fourth-order valence-electron chi connectivity index (χ4n) is 1.68. The number of rotatable bonds is 6. The number of nitrogens with one attached hydrogen (secondary N) is 1. The Hall–Kier alpha value is -2.29. The summed E-state index contributed by atoms with van der Waals surface area (Å²) in [5.74, 6) is 0.160. The molecule has 0 atom stereocenters. The zero-order valence-electron chi connectivity index (χ0n) is 11.5. The molecule has 9 heteroatoms. The molecule has 1 N–H and O–H groups in total. The molecule has 2 rings (SSSR count). The van der Waals surface area contributed by atoms with Crippen LogP contribution in [0.2, 0.25) is 0 Å². The van der Waals surface area contributed by atoms with Crippen molar-refractivity contribution in [2.75, 3.05) is 11.6 Å². The van der Waals surface area contributed by atoms with Crippen LogP contribution in [0.25, 0.3) is 0 Å². The van der Waals surface area contributed by atoms with Gasteiger partial charge in [-0.15, -0.1) is 0 Å². The molecule has 0 aliphatic rings. The molecule has 0 radical (unpaired) electrons. The Morgan fingerprint density at radius 2 is 2.05 bits per heavy atom. The van der Waals surface area contributed by atoms with Gasteiger partial charge in [-0.2, -0.15) is 8.78 Å². The fraction of sp³-hybridized carbons (Fsp3) is 0.231. The van der Waals surface area contributed by atoms with Gasteiger partial charge in [-0.1, -0.05) is 0 Å². The molecule has 0 bridgehead atoms. The van der Waals surface area contributed by atoms with E-state index in [9.17, 15) is 17.2 Å². The first-order chi connectivity index (χ1) is 10.4. The predicted octanol–water partition coefficient (Wildman–Crippen LogP) is 2.09. The summed E-state index contributed by atoms with van der Waals surface area (Å²) in [5.41, 5.74) is 0.520. The Bertz CT molecular complexity index is 736. The summed E-state index contributed by atoms with van der Waals surface area (Å²) >= 11 is 0. The molecule has 118 valence electrons. The van der Waals surface area contributed by atoms with Crippen LogP contribution < -0.4 is 10.1 Å². The highest BCUT2D eigenvalue weighted by molar-refractivity contribution is 7.90. The Balaban J connectivity index is 2.08. The fourth-order valence-corrected chi connectivity index (χ4v) is 2.49. The van der Waals surface area contributed by atoms with E-state index >= 15 is 0 Å². The number of anilines is 1. The van der Waals surface area contributed by atoms with Crippen LogP contribution >= 0.6 is 0 Å². The number of aromatic nitrogens is 2. The van der Waals surface area contributed by atoms with E-state index in [4.69, 9.17) is 0 Å². The smallest absolute Gasteiger partial charge is 0.387 e. The van der Waals surface area contributed by atoms with Crippen LogP contribution in [0.15, 0.2) is 41.6 Å². The van der Waals surface area contributed by atoms with Gasteiger partial charge in [0.1, 0.15) is 16.5 Å². The van der Waals surface area contributed by atoms with Gasteiger partial charge in [-0.25, -0.2) is 13.4 Å². The van der Waals surface area contributed by atoms with E-state index in [1.165, 1.54) is 36.7 Å². The monoisotopic (exact) mass is 329 g/mol. The van der Waals surface area contributed by atoms with Crippen molar-refractivity contribution >= 4 is 15.7 Å². The van der Waals surface area contributed by atoms with Gasteiger partial charge >= 0.3 is 6.61 Å². The van der Waals surface area contributed by atoms with E-state index < -0.39 is 16.4 Å². The van der Waals surface area contributed by atoms with Gasteiger partial charge in [0.25, 0.3) is 0 Å². The molecule has 0 amide bonds. The summed E-state index contributed by atoms with van der Waals surface area (Å²) < 4.78 is 51.5. The van der Waals surface area contributed by atoms with Crippen molar-refractivity contribution in [2.45, 2.75) is 18.1 Å². The van der Waals surface area contributed by atoms with E-state index in [-0.39, 0.29) is 23.0 Å². The summed E-state index contributed by atoms with van der Waals surface area (Å²) in [4.78, 5) is 7.99. The Kier molecular flexibility index (Phi) is 4.86. The van der Waals surface area contributed by atoms with Crippen LogP contribution in [-0.4, -0.2) is 31.3 Å². The minimum Gasteiger partial charge on any atom is -0.433 e. The highest BCUT2D eigenvalue weighted by atomic mass is 32.2. The third-order valence-electron chi connectivity index (χ3n) is 2.63. The lowest BCUT2D eigenvalue weighted by atomic mass is 10.3. The van der Waals surface area contributed by atoms with Crippen molar-refractivity contribution in [1.29, 1.82) is 0 Å². The minimum atomic E-state index is -3.41. The number of nitrogens with zero attached hydrogens (tertiary/aromatic N) is 2. The largest absolute Gasteiger partial charge is 0.433 e.